The molecule has 1 unspecified atom stereocenters. The molecule has 13 heteroatoms. The van der Waals surface area contributed by atoms with Gasteiger partial charge in [0, 0.05) is 106 Å². The van der Waals surface area contributed by atoms with Crippen molar-refractivity contribution in [2.24, 2.45) is 11.3 Å². The molecule has 5 aromatic carbocycles. The van der Waals surface area contributed by atoms with Crippen molar-refractivity contribution in [3.8, 4) is 0 Å². The van der Waals surface area contributed by atoms with E-state index >= 15 is 0 Å². The van der Waals surface area contributed by atoms with Gasteiger partial charge in [-0.3, -0.25) is 43.2 Å². The second-order valence-electron chi connectivity index (χ2n) is 24.2. The predicted octanol–water partition coefficient (Wildman–Crippen LogP) is 23.9. The SMILES string of the molecule is C=O.C=O.C=O.CC.CCC.CCC(=O)C(C)(C)C.CCC(=O)C(C)=O.CCC(=O)C(C)C.CCC(=O)C(C)c1ccccc1.CCC(=O)CC.CCC(=O)CCC(C)=O.CCC(=O)c1ccc(CC)cc1.CCC(=O)c1ccc(CC)cc1.CCCC.CCc1ccc(C)cc1.CCc1ccccc1. The van der Waals surface area contributed by atoms with E-state index in [9.17, 15) is 47.9 Å². The Kier molecular flexibility index (Phi) is 103. The molecule has 1 atom stereocenters. The summed E-state index contributed by atoms with van der Waals surface area (Å²) in [7, 11) is 0. The second kappa shape index (κ2) is 90.0. The molecule has 0 aliphatic rings. The fourth-order valence-corrected chi connectivity index (χ4v) is 6.96. The standard InChI is InChI=1S/3C11H14O.C9H12.C8H10.C7H12O2.C7H14O.C6H12O.C5H8O2.C5H10O.C4H10.C3H8.C2H6.3CH2O/c1-3-11(12)9(2)10-7-5-4-6-8-10;2*1-3-9-5-7-10(8-6-9)11(12)4-2;1-3-9-6-4-8(2)5-7-9;1-2-8-6-4-3-5-7-8;1-3-7(9)5-4-6(2)8;1-5-6(8)7(2,3)4;1-4-6(7)5(2)3;1-3-5(7)4(2)6;1-3-5(6)4-2;1-3-4-2;1-3-2;4*1-2/h4-9H,3H2,1-2H3;2*5-8H,3-4H2,1-2H3;4-7H,3H2,1-2H3;3-7H,2H2,1H3;3-5H2,1-2H3;5H2,1-4H3;5H,4H2,1-3H3;3H2,1-2H3;3-4H2,1-2H3;3-4H2,1-2H3;3H2,1-2H3;1-2H3;3*1H2. The van der Waals surface area contributed by atoms with Crippen LogP contribution in [0.3, 0.4) is 0 Å². The number of hydrogen-bond acceptors (Lipinski definition) is 13. The lowest BCUT2D eigenvalue weighted by molar-refractivity contribution is -0.135. The molecule has 0 radical (unpaired) electrons. The van der Waals surface area contributed by atoms with Crippen molar-refractivity contribution in [3.63, 3.8) is 0 Å². The van der Waals surface area contributed by atoms with Gasteiger partial charge in [-0.2, -0.15) is 0 Å². The normalized spacial score (nSPS) is 9.15. The summed E-state index contributed by atoms with van der Waals surface area (Å²) in [6.07, 6.45) is 14.4. The number of Topliss-reactive ketones (excluding diaryl/α,β-unsaturated/α-hetero) is 10. The van der Waals surface area contributed by atoms with E-state index in [4.69, 9.17) is 14.4 Å². The van der Waals surface area contributed by atoms with E-state index in [1.165, 1.54) is 60.9 Å². The quantitative estimate of drug-likeness (QED) is 0.0439. The summed E-state index contributed by atoms with van der Waals surface area (Å²) in [5, 5.41) is 0. The third-order valence-electron chi connectivity index (χ3n) is 14.2. The van der Waals surface area contributed by atoms with Gasteiger partial charge in [0.2, 0.25) is 0 Å². The molecule has 0 heterocycles. The van der Waals surface area contributed by atoms with Crippen LogP contribution in [0.15, 0.2) is 133 Å². The van der Waals surface area contributed by atoms with E-state index in [0.717, 1.165) is 42.4 Å². The number of rotatable bonds is 23. The van der Waals surface area contributed by atoms with Gasteiger partial charge < -0.3 is 19.2 Å². The number of carbonyl (C=O) groups is 13. The Bertz CT molecular complexity index is 2760. The van der Waals surface area contributed by atoms with Gasteiger partial charge >= 0.3 is 0 Å². The molecular formula is C92H150O13. The van der Waals surface area contributed by atoms with E-state index in [1.54, 1.807) is 6.92 Å². The number of carbonyl (C=O) groups excluding carboxylic acids is 13. The first kappa shape index (κ1) is 121. The summed E-state index contributed by atoms with van der Waals surface area (Å²) in [6.45, 7) is 60.4. The van der Waals surface area contributed by atoms with Crippen LogP contribution in [-0.2, 0) is 78.4 Å². The zero-order chi connectivity index (χ0) is 84.3. The molecule has 0 fully saturated rings. The highest BCUT2D eigenvalue weighted by Crippen LogP contribution is 2.17. The lowest BCUT2D eigenvalue weighted by atomic mass is 9.90. The van der Waals surface area contributed by atoms with E-state index < -0.39 is 0 Å². The molecule has 0 aromatic heterocycles. The van der Waals surface area contributed by atoms with E-state index in [-0.39, 0.29) is 52.0 Å². The Labute approximate surface area is 641 Å². The molecule has 105 heavy (non-hydrogen) atoms. The fourth-order valence-electron chi connectivity index (χ4n) is 6.96. The Morgan fingerprint density at radius 2 is 0.667 bits per heavy atom. The molecule has 596 valence electrons. The molecule has 13 nitrogen and oxygen atoms in total. The molecule has 0 saturated carbocycles. The average Bonchev–Trinajstić information content (AvgIpc) is 1.86. The van der Waals surface area contributed by atoms with Gasteiger partial charge in [-0.05, 0) is 67.3 Å². The maximum atomic E-state index is 11.3. The van der Waals surface area contributed by atoms with Crippen LogP contribution in [0, 0.1) is 18.3 Å². The summed E-state index contributed by atoms with van der Waals surface area (Å²) in [6, 6.07) is 44.7. The number of benzene rings is 5. The number of aryl methyl sites for hydroxylation is 5. The Balaban J connectivity index is -0.000000102. The maximum absolute atomic E-state index is 11.3. The van der Waals surface area contributed by atoms with Crippen LogP contribution in [0.1, 0.15) is 337 Å². The van der Waals surface area contributed by atoms with Gasteiger partial charge in [0.05, 0.1) is 0 Å². The lowest BCUT2D eigenvalue weighted by Crippen LogP contribution is -2.18. The highest BCUT2D eigenvalue weighted by molar-refractivity contribution is 6.36. The van der Waals surface area contributed by atoms with E-state index in [0.29, 0.717) is 93.8 Å². The summed E-state index contributed by atoms with van der Waals surface area (Å²) in [5.41, 5.74) is 9.37. The van der Waals surface area contributed by atoms with Crippen LogP contribution in [0.25, 0.3) is 0 Å². The molecule has 0 spiro atoms. The third-order valence-corrected chi connectivity index (χ3v) is 14.2. The van der Waals surface area contributed by atoms with Crippen LogP contribution in [-0.4, -0.2) is 78.2 Å². The minimum absolute atomic E-state index is 0.0520. The summed E-state index contributed by atoms with van der Waals surface area (Å²) in [5.74, 6) is 1.68. The molecular weight excluding hydrogens is 1310 g/mol. The first-order valence-corrected chi connectivity index (χ1v) is 38.1. The first-order valence-electron chi connectivity index (χ1n) is 38.1. The highest BCUT2D eigenvalue weighted by Gasteiger charge is 2.18. The van der Waals surface area contributed by atoms with Crippen molar-refractivity contribution in [1.29, 1.82) is 0 Å². The molecule has 5 aromatic rings. The Hall–Kier alpha value is -8.19. The summed E-state index contributed by atoms with van der Waals surface area (Å²) >= 11 is 0. The Morgan fingerprint density at radius 3 is 0.848 bits per heavy atom. The van der Waals surface area contributed by atoms with Crippen molar-refractivity contribution in [1.82, 2.24) is 0 Å². The van der Waals surface area contributed by atoms with Crippen molar-refractivity contribution in [2.45, 2.75) is 315 Å². The topological polar surface area (TPSA) is 222 Å². The number of hydrogen-bond donors (Lipinski definition) is 0. The maximum Gasteiger partial charge on any atom is 0.197 e. The van der Waals surface area contributed by atoms with Crippen LogP contribution >= 0.6 is 0 Å². The van der Waals surface area contributed by atoms with Crippen LogP contribution in [0.5, 0.6) is 0 Å². The van der Waals surface area contributed by atoms with Crippen LogP contribution in [0.2, 0.25) is 0 Å². The zero-order valence-corrected chi connectivity index (χ0v) is 71.5. The lowest BCUT2D eigenvalue weighted by Gasteiger charge is -2.13. The number of ketones is 10. The predicted molar refractivity (Wildman–Crippen MR) is 448 cm³/mol. The highest BCUT2D eigenvalue weighted by atomic mass is 16.2. The molecule has 0 N–H and O–H groups in total. The Morgan fingerprint density at radius 1 is 0.362 bits per heavy atom. The van der Waals surface area contributed by atoms with Gasteiger partial charge in [-0.1, -0.05) is 331 Å². The minimum atomic E-state index is -0.345. The first-order chi connectivity index (χ1) is 49.7. The molecule has 0 aliphatic carbocycles. The van der Waals surface area contributed by atoms with Gasteiger partial charge in [0.25, 0.3) is 0 Å². The van der Waals surface area contributed by atoms with Gasteiger partial charge in [-0.15, -0.1) is 0 Å². The molecule has 0 aliphatic heterocycles. The fraction of sp³-hybridized carbons (Fsp3) is 0.533. The summed E-state index contributed by atoms with van der Waals surface area (Å²) in [4.78, 5) is 130. The van der Waals surface area contributed by atoms with Crippen LogP contribution < -0.4 is 0 Å². The van der Waals surface area contributed by atoms with E-state index in [2.05, 4.69) is 111 Å². The second-order valence-corrected chi connectivity index (χ2v) is 24.2. The third kappa shape index (κ3) is 84.6. The minimum Gasteiger partial charge on any atom is -0.307 e. The van der Waals surface area contributed by atoms with Crippen molar-refractivity contribution in [2.75, 3.05) is 0 Å². The molecule has 5 rings (SSSR count). The van der Waals surface area contributed by atoms with Gasteiger partial charge in [0.15, 0.2) is 23.1 Å². The van der Waals surface area contributed by atoms with Crippen molar-refractivity contribution >= 4 is 78.2 Å². The van der Waals surface area contributed by atoms with Crippen LogP contribution in [0.4, 0.5) is 0 Å². The molecule has 0 bridgehead atoms. The van der Waals surface area contributed by atoms with Crippen molar-refractivity contribution in [3.05, 3.63) is 178 Å². The largest absolute Gasteiger partial charge is 0.307 e. The van der Waals surface area contributed by atoms with Crippen molar-refractivity contribution < 1.29 is 62.3 Å². The smallest absolute Gasteiger partial charge is 0.197 e. The van der Waals surface area contributed by atoms with Gasteiger partial charge in [-0.25, -0.2) is 0 Å². The monoisotopic (exact) mass is 1460 g/mol. The summed E-state index contributed by atoms with van der Waals surface area (Å²) < 4.78 is 0. The average molecular weight is 1460 g/mol. The molecule has 0 amide bonds. The molecule has 0 saturated heterocycles. The zero-order valence-electron chi connectivity index (χ0n) is 71.5. The van der Waals surface area contributed by atoms with Gasteiger partial charge in [0.1, 0.15) is 55.1 Å². The van der Waals surface area contributed by atoms with E-state index in [1.807, 2.05) is 216 Å². The number of unbranched alkanes of at least 4 members (excludes halogenated alkanes) is 1.